The van der Waals surface area contributed by atoms with Crippen molar-refractivity contribution in [3.8, 4) is 0 Å². The van der Waals surface area contributed by atoms with E-state index < -0.39 is 53.8 Å². The van der Waals surface area contributed by atoms with Crippen molar-refractivity contribution in [2.75, 3.05) is 30.6 Å². The second-order valence-corrected chi connectivity index (χ2v) is 9.95. The first-order chi connectivity index (χ1) is 16.6. The number of carboxylic acids is 1. The largest absolute Gasteiger partial charge is 0.480 e. The molecule has 0 aliphatic carbocycles. The van der Waals surface area contributed by atoms with Crippen LogP contribution in [0.1, 0.15) is 44.9 Å². The van der Waals surface area contributed by atoms with E-state index in [2.05, 4.69) is 16.0 Å². The number of nitrogens with one attached hydrogen (secondary N) is 3. The van der Waals surface area contributed by atoms with Gasteiger partial charge in [-0.1, -0.05) is 0 Å². The van der Waals surface area contributed by atoms with E-state index in [0.717, 1.165) is 0 Å². The first kappa shape index (κ1) is 33.0. The minimum atomic E-state index is -1.34. The number of rotatable bonds is 20. The SMILES string of the molecule is CSCCC(N)C(=O)NC(CCSC)C(=O)NC(CCCCN)C(=O)NC(CCC(N)=O)C(=O)O. The monoisotopic (exact) mass is 536 g/mol. The van der Waals surface area contributed by atoms with Crippen molar-refractivity contribution in [1.82, 2.24) is 16.0 Å². The van der Waals surface area contributed by atoms with Crippen molar-refractivity contribution < 1.29 is 29.1 Å². The van der Waals surface area contributed by atoms with Gasteiger partial charge in [-0.3, -0.25) is 19.2 Å². The zero-order chi connectivity index (χ0) is 26.8. The van der Waals surface area contributed by atoms with Gasteiger partial charge in [-0.25, -0.2) is 4.79 Å². The summed E-state index contributed by atoms with van der Waals surface area (Å²) in [6.45, 7) is 0.388. The maximum Gasteiger partial charge on any atom is 0.326 e. The van der Waals surface area contributed by atoms with Crippen LogP contribution < -0.4 is 33.2 Å². The van der Waals surface area contributed by atoms with Crippen LogP contribution >= 0.6 is 23.5 Å². The van der Waals surface area contributed by atoms with Gasteiger partial charge in [-0.05, 0) is 69.1 Å². The average molecular weight is 537 g/mol. The van der Waals surface area contributed by atoms with Crippen LogP contribution in [0.15, 0.2) is 0 Å². The van der Waals surface area contributed by atoms with Gasteiger partial charge in [0.05, 0.1) is 6.04 Å². The van der Waals surface area contributed by atoms with Gasteiger partial charge in [-0.2, -0.15) is 23.5 Å². The minimum absolute atomic E-state index is 0.180. The normalized spacial score (nSPS) is 14.3. The zero-order valence-corrected chi connectivity index (χ0v) is 22.1. The lowest BCUT2D eigenvalue weighted by Gasteiger charge is -2.25. The van der Waals surface area contributed by atoms with E-state index >= 15 is 0 Å². The number of unbranched alkanes of at least 4 members (excludes halogenated alkanes) is 1. The second kappa shape index (κ2) is 19.2. The van der Waals surface area contributed by atoms with Gasteiger partial charge in [0.1, 0.15) is 18.1 Å². The molecule has 0 aliphatic rings. The summed E-state index contributed by atoms with van der Waals surface area (Å²) >= 11 is 3.05. The molecule has 10 N–H and O–H groups in total. The van der Waals surface area contributed by atoms with E-state index in [1.54, 1.807) is 11.8 Å². The van der Waals surface area contributed by atoms with Crippen molar-refractivity contribution >= 4 is 53.1 Å². The second-order valence-electron chi connectivity index (χ2n) is 7.98. The molecule has 35 heavy (non-hydrogen) atoms. The van der Waals surface area contributed by atoms with Gasteiger partial charge in [0.15, 0.2) is 0 Å². The maximum atomic E-state index is 13.0. The molecule has 0 rings (SSSR count). The molecule has 4 amide bonds. The number of primary amides is 1. The maximum absolute atomic E-state index is 13.0. The van der Waals surface area contributed by atoms with Crippen molar-refractivity contribution in [3.05, 3.63) is 0 Å². The fraction of sp³-hybridized carbons (Fsp3) is 0.762. The molecule has 0 aromatic rings. The molecule has 4 atom stereocenters. The summed E-state index contributed by atoms with van der Waals surface area (Å²) in [5.74, 6) is -2.48. The number of thioether (sulfide) groups is 2. The van der Waals surface area contributed by atoms with Crippen LogP contribution in [-0.2, 0) is 24.0 Å². The number of nitrogens with two attached hydrogens (primary N) is 3. The lowest BCUT2D eigenvalue weighted by Crippen LogP contribution is -2.57. The van der Waals surface area contributed by atoms with Gasteiger partial charge in [-0.15, -0.1) is 0 Å². The van der Waals surface area contributed by atoms with Gasteiger partial charge in [0.2, 0.25) is 23.6 Å². The zero-order valence-electron chi connectivity index (χ0n) is 20.4. The molecular weight excluding hydrogens is 496 g/mol. The summed E-state index contributed by atoms with van der Waals surface area (Å²) in [5, 5.41) is 17.0. The number of amides is 4. The Labute approximate surface area is 215 Å². The Kier molecular flexibility index (Phi) is 18.1. The van der Waals surface area contributed by atoms with E-state index in [9.17, 15) is 29.1 Å². The molecule has 0 aromatic heterocycles. The Morgan fingerprint density at radius 3 is 1.80 bits per heavy atom. The van der Waals surface area contributed by atoms with Gasteiger partial charge in [0.25, 0.3) is 0 Å². The molecule has 4 unspecified atom stereocenters. The van der Waals surface area contributed by atoms with E-state index in [0.29, 0.717) is 43.7 Å². The van der Waals surface area contributed by atoms with Gasteiger partial charge >= 0.3 is 5.97 Å². The van der Waals surface area contributed by atoms with E-state index in [1.807, 2.05) is 12.5 Å². The summed E-state index contributed by atoms with van der Waals surface area (Å²) in [7, 11) is 0. The summed E-state index contributed by atoms with van der Waals surface area (Å²) < 4.78 is 0. The molecule has 0 heterocycles. The summed E-state index contributed by atoms with van der Waals surface area (Å²) in [5.41, 5.74) is 16.5. The standard InChI is InChI=1S/C21H40N6O6S2/c1-34-11-8-13(23)18(29)25-15(9-12-35-2)20(31)26-14(5-3-4-10-22)19(30)27-16(21(32)33)6-7-17(24)28/h13-16H,3-12,22-23H2,1-2H3,(H2,24,28)(H,25,29)(H,26,31)(H,27,30)(H,32,33). The number of aliphatic carboxylic acids is 1. The average Bonchev–Trinajstić information content (AvgIpc) is 2.81. The highest BCUT2D eigenvalue weighted by atomic mass is 32.2. The lowest BCUT2D eigenvalue weighted by atomic mass is 10.1. The van der Waals surface area contributed by atoms with Gasteiger partial charge in [0, 0.05) is 6.42 Å². The van der Waals surface area contributed by atoms with Crippen molar-refractivity contribution in [2.45, 2.75) is 69.1 Å². The fourth-order valence-electron chi connectivity index (χ4n) is 3.01. The van der Waals surface area contributed by atoms with Crippen LogP contribution in [-0.4, -0.2) is 89.4 Å². The summed E-state index contributed by atoms with van der Waals surface area (Å²) in [4.78, 5) is 60.9. The molecular formula is C21H40N6O6S2. The third-order valence-electron chi connectivity index (χ3n) is 5.09. The molecule has 0 saturated carbocycles. The fourth-order valence-corrected chi connectivity index (χ4v) is 3.97. The van der Waals surface area contributed by atoms with Crippen LogP contribution in [0.2, 0.25) is 0 Å². The molecule has 0 aromatic carbocycles. The molecule has 14 heteroatoms. The van der Waals surface area contributed by atoms with E-state index in [4.69, 9.17) is 17.2 Å². The third kappa shape index (κ3) is 14.9. The quantitative estimate of drug-likeness (QED) is 0.0916. The number of carbonyl (C=O) groups is 5. The number of carbonyl (C=O) groups excluding carboxylic acids is 4. The molecule has 0 saturated heterocycles. The Balaban J connectivity index is 5.44. The summed E-state index contributed by atoms with van der Waals surface area (Å²) in [6.07, 6.45) is 5.46. The Bertz CT molecular complexity index is 699. The topological polar surface area (TPSA) is 220 Å². The minimum Gasteiger partial charge on any atom is -0.480 e. The lowest BCUT2D eigenvalue weighted by molar-refractivity contribution is -0.142. The molecule has 0 spiro atoms. The number of hydrogen-bond acceptors (Lipinski definition) is 9. The van der Waals surface area contributed by atoms with Gasteiger partial charge < -0.3 is 38.3 Å². The Hall–Kier alpha value is -2.03. The van der Waals surface area contributed by atoms with Crippen molar-refractivity contribution in [3.63, 3.8) is 0 Å². The molecule has 0 aliphatic heterocycles. The molecule has 0 radical (unpaired) electrons. The highest BCUT2D eigenvalue weighted by molar-refractivity contribution is 7.98. The predicted molar refractivity (Wildman–Crippen MR) is 139 cm³/mol. The first-order valence-corrected chi connectivity index (χ1v) is 14.2. The van der Waals surface area contributed by atoms with Crippen LogP contribution in [0.5, 0.6) is 0 Å². The Morgan fingerprint density at radius 1 is 0.771 bits per heavy atom. The third-order valence-corrected chi connectivity index (χ3v) is 6.38. The van der Waals surface area contributed by atoms with E-state index in [1.165, 1.54) is 11.8 Å². The van der Waals surface area contributed by atoms with Crippen LogP contribution in [0.25, 0.3) is 0 Å². The highest BCUT2D eigenvalue weighted by Gasteiger charge is 2.30. The van der Waals surface area contributed by atoms with Crippen LogP contribution in [0, 0.1) is 0 Å². The number of hydrogen-bond donors (Lipinski definition) is 7. The number of carboxylic acid groups (broad SMARTS) is 1. The molecule has 0 bridgehead atoms. The molecule has 12 nitrogen and oxygen atoms in total. The Morgan fingerprint density at radius 2 is 1.29 bits per heavy atom. The summed E-state index contributed by atoms with van der Waals surface area (Å²) in [6, 6.07) is -4.07. The van der Waals surface area contributed by atoms with Crippen LogP contribution in [0.4, 0.5) is 0 Å². The molecule has 202 valence electrons. The highest BCUT2D eigenvalue weighted by Crippen LogP contribution is 2.08. The predicted octanol–water partition coefficient (Wildman–Crippen LogP) is -1.25. The smallest absolute Gasteiger partial charge is 0.326 e. The molecule has 0 fully saturated rings. The van der Waals surface area contributed by atoms with E-state index in [-0.39, 0.29) is 19.3 Å². The van der Waals surface area contributed by atoms with Crippen molar-refractivity contribution in [2.24, 2.45) is 17.2 Å². The van der Waals surface area contributed by atoms with Crippen LogP contribution in [0.3, 0.4) is 0 Å². The van der Waals surface area contributed by atoms with Crippen molar-refractivity contribution in [1.29, 1.82) is 0 Å². The first-order valence-electron chi connectivity index (χ1n) is 11.4.